The second kappa shape index (κ2) is 12.1. The van der Waals surface area contributed by atoms with Gasteiger partial charge < -0.3 is 9.47 Å². The SMILES string of the molecule is COc1cc(/C=c2/sc3n(c2=O)[C@@H](c2cccc([N+](=O)[O-])c2)C2=C(N=3)c3ccccc3CC2)cc(I)c1OCc1ccccc1. The summed E-state index contributed by atoms with van der Waals surface area (Å²) >= 11 is 3.54. The Morgan fingerprint density at radius 1 is 1.04 bits per heavy atom. The fraction of sp³-hybridized carbons (Fsp3) is 0.143. The summed E-state index contributed by atoms with van der Waals surface area (Å²) in [6.07, 6.45) is 3.35. The number of nitro benzene ring substituents is 1. The summed E-state index contributed by atoms with van der Waals surface area (Å²) in [4.78, 5) is 31.1. The highest BCUT2D eigenvalue weighted by Crippen LogP contribution is 2.42. The van der Waals surface area contributed by atoms with Crippen LogP contribution in [0.4, 0.5) is 5.69 Å². The molecule has 2 heterocycles. The van der Waals surface area contributed by atoms with E-state index in [1.165, 1.54) is 23.0 Å². The van der Waals surface area contributed by atoms with Crippen LogP contribution in [0.3, 0.4) is 0 Å². The highest BCUT2D eigenvalue weighted by atomic mass is 127. The molecule has 0 unspecified atom stereocenters. The number of nitro groups is 1. The summed E-state index contributed by atoms with van der Waals surface area (Å²) in [6, 6.07) is 28.0. The number of nitrogens with zero attached hydrogens (tertiary/aromatic N) is 3. The summed E-state index contributed by atoms with van der Waals surface area (Å²) in [6.45, 7) is 0.399. The van der Waals surface area contributed by atoms with E-state index < -0.39 is 11.0 Å². The first-order valence-corrected chi connectivity index (χ1v) is 16.2. The Balaban J connectivity index is 1.35. The molecule has 0 amide bonds. The average molecular weight is 728 g/mol. The Morgan fingerprint density at radius 3 is 2.64 bits per heavy atom. The van der Waals surface area contributed by atoms with Crippen LogP contribution in [0.15, 0.2) is 106 Å². The molecule has 0 N–H and O–H groups in total. The maximum Gasteiger partial charge on any atom is 0.271 e. The third kappa shape index (κ3) is 5.48. The van der Waals surface area contributed by atoms with Crippen molar-refractivity contribution in [1.82, 2.24) is 4.57 Å². The number of non-ortho nitro benzene ring substituents is 1. The molecular formula is C35H26IN3O5S. The molecule has 45 heavy (non-hydrogen) atoms. The number of aryl methyl sites for hydroxylation is 1. The molecule has 7 rings (SSSR count). The van der Waals surface area contributed by atoms with Gasteiger partial charge in [0, 0.05) is 17.7 Å². The minimum atomic E-state index is -0.505. The first-order chi connectivity index (χ1) is 21.9. The van der Waals surface area contributed by atoms with Crippen LogP contribution in [-0.4, -0.2) is 16.6 Å². The molecule has 0 saturated heterocycles. The molecule has 1 aromatic heterocycles. The third-order valence-corrected chi connectivity index (χ3v) is 9.83. The van der Waals surface area contributed by atoms with E-state index in [0.717, 1.165) is 38.0 Å². The maximum atomic E-state index is 14.2. The molecule has 4 aromatic carbocycles. The van der Waals surface area contributed by atoms with E-state index in [0.29, 0.717) is 39.4 Å². The number of methoxy groups -OCH3 is 1. The van der Waals surface area contributed by atoms with Crippen molar-refractivity contribution >= 4 is 51.4 Å². The molecule has 0 saturated carbocycles. The van der Waals surface area contributed by atoms with E-state index >= 15 is 0 Å². The molecule has 0 bridgehead atoms. The predicted octanol–water partition coefficient (Wildman–Crippen LogP) is 6.42. The lowest BCUT2D eigenvalue weighted by atomic mass is 9.83. The largest absolute Gasteiger partial charge is 0.493 e. The molecule has 1 atom stereocenters. The zero-order valence-electron chi connectivity index (χ0n) is 24.1. The van der Waals surface area contributed by atoms with E-state index in [2.05, 4.69) is 34.7 Å². The van der Waals surface area contributed by atoms with Crippen LogP contribution in [0.1, 0.15) is 40.3 Å². The quantitative estimate of drug-likeness (QED) is 0.110. The van der Waals surface area contributed by atoms with Crippen LogP contribution in [0.2, 0.25) is 0 Å². The van der Waals surface area contributed by atoms with E-state index in [9.17, 15) is 14.9 Å². The van der Waals surface area contributed by atoms with Gasteiger partial charge in [0.15, 0.2) is 16.3 Å². The monoisotopic (exact) mass is 727 g/mol. The van der Waals surface area contributed by atoms with E-state index in [1.807, 2.05) is 66.7 Å². The van der Waals surface area contributed by atoms with Crippen molar-refractivity contribution in [2.45, 2.75) is 25.5 Å². The molecule has 5 aromatic rings. The van der Waals surface area contributed by atoms with E-state index in [4.69, 9.17) is 14.5 Å². The van der Waals surface area contributed by atoms with Gasteiger partial charge in [-0.3, -0.25) is 19.5 Å². The zero-order valence-corrected chi connectivity index (χ0v) is 27.1. The van der Waals surface area contributed by atoms with Gasteiger partial charge in [0.25, 0.3) is 11.2 Å². The number of rotatable bonds is 7. The maximum absolute atomic E-state index is 14.2. The minimum Gasteiger partial charge on any atom is -0.493 e. The number of allylic oxidation sites excluding steroid dienone is 1. The minimum absolute atomic E-state index is 0.0128. The van der Waals surface area contributed by atoms with Gasteiger partial charge >= 0.3 is 0 Å². The zero-order chi connectivity index (χ0) is 31.1. The number of ether oxygens (including phenoxy) is 2. The number of hydrogen-bond acceptors (Lipinski definition) is 7. The molecule has 1 aliphatic carbocycles. The lowest BCUT2D eigenvalue weighted by Crippen LogP contribution is -2.38. The Bertz CT molecular complexity index is 2190. The van der Waals surface area contributed by atoms with Crippen LogP contribution < -0.4 is 24.4 Å². The van der Waals surface area contributed by atoms with Crippen LogP contribution in [0.5, 0.6) is 11.5 Å². The molecule has 8 nitrogen and oxygen atoms in total. The lowest BCUT2D eigenvalue weighted by molar-refractivity contribution is -0.384. The normalized spacial score (nSPS) is 15.5. The Labute approximate surface area is 275 Å². The van der Waals surface area contributed by atoms with Crippen molar-refractivity contribution in [3.05, 3.63) is 158 Å². The molecule has 10 heteroatoms. The number of fused-ring (bicyclic) bond motifs is 3. The average Bonchev–Trinajstić information content (AvgIpc) is 3.37. The van der Waals surface area contributed by atoms with Crippen LogP contribution >= 0.6 is 33.9 Å². The standard InChI is InChI=1S/C35H26IN3O5S/c1-43-29-17-22(16-28(36)33(29)44-20-21-8-3-2-4-9-21)18-30-34(40)38-32(24-11-7-12-25(19-24)39(41)42)27-15-14-23-10-5-6-13-26(23)31(27)37-35(38)45-30/h2-13,16-19,32H,14-15,20H2,1H3/b30-18+/t32-/m0/s1. The van der Waals surface area contributed by atoms with Crippen molar-refractivity contribution in [3.63, 3.8) is 0 Å². The fourth-order valence-corrected chi connectivity index (χ4v) is 7.76. The van der Waals surface area contributed by atoms with Gasteiger partial charge in [0.2, 0.25) is 0 Å². The number of thiazole rings is 1. The number of aromatic nitrogens is 1. The van der Waals surface area contributed by atoms with Gasteiger partial charge in [-0.2, -0.15) is 0 Å². The third-order valence-electron chi connectivity index (χ3n) is 8.05. The molecule has 0 radical (unpaired) electrons. The van der Waals surface area contributed by atoms with Crippen LogP contribution in [0, 0.1) is 13.7 Å². The summed E-state index contributed by atoms with van der Waals surface area (Å²) in [5.74, 6) is 1.20. The Hall–Kier alpha value is -4.55. The topological polar surface area (TPSA) is 96.0 Å². The summed E-state index contributed by atoms with van der Waals surface area (Å²) in [5, 5.41) is 11.7. The van der Waals surface area contributed by atoms with Gasteiger partial charge in [0.1, 0.15) is 6.61 Å². The van der Waals surface area contributed by atoms with Crippen molar-refractivity contribution in [1.29, 1.82) is 0 Å². The smallest absolute Gasteiger partial charge is 0.271 e. The van der Waals surface area contributed by atoms with Gasteiger partial charge in [-0.05, 0) is 81.5 Å². The molecule has 0 spiro atoms. The Morgan fingerprint density at radius 2 is 1.84 bits per heavy atom. The summed E-state index contributed by atoms with van der Waals surface area (Å²) < 4.78 is 14.9. The van der Waals surface area contributed by atoms with Crippen molar-refractivity contribution in [2.75, 3.05) is 7.11 Å². The molecule has 2 aliphatic rings. The van der Waals surface area contributed by atoms with E-state index in [-0.39, 0.29) is 11.2 Å². The second-order valence-corrected chi connectivity index (χ2v) is 12.9. The van der Waals surface area contributed by atoms with Gasteiger partial charge in [-0.25, -0.2) is 4.99 Å². The predicted molar refractivity (Wildman–Crippen MR) is 182 cm³/mol. The van der Waals surface area contributed by atoms with Crippen molar-refractivity contribution in [3.8, 4) is 11.5 Å². The van der Waals surface area contributed by atoms with E-state index in [1.54, 1.807) is 23.8 Å². The molecule has 224 valence electrons. The first-order valence-electron chi connectivity index (χ1n) is 14.3. The molecule has 0 fully saturated rings. The van der Waals surface area contributed by atoms with Crippen molar-refractivity contribution in [2.24, 2.45) is 4.99 Å². The van der Waals surface area contributed by atoms with Crippen LogP contribution in [0.25, 0.3) is 11.8 Å². The fourth-order valence-electron chi connectivity index (χ4n) is 5.98. The number of benzene rings is 4. The van der Waals surface area contributed by atoms with Gasteiger partial charge in [0.05, 0.1) is 31.9 Å². The first kappa shape index (κ1) is 29.2. The lowest BCUT2D eigenvalue weighted by Gasteiger charge is -2.30. The summed E-state index contributed by atoms with van der Waals surface area (Å²) in [5.41, 5.74) is 6.39. The number of hydrogen-bond donors (Lipinski definition) is 0. The van der Waals surface area contributed by atoms with Gasteiger partial charge in [-0.15, -0.1) is 0 Å². The van der Waals surface area contributed by atoms with Crippen molar-refractivity contribution < 1.29 is 14.4 Å². The number of halogens is 1. The highest BCUT2D eigenvalue weighted by molar-refractivity contribution is 14.1. The summed E-state index contributed by atoms with van der Waals surface area (Å²) in [7, 11) is 1.60. The molecule has 1 aliphatic heterocycles. The van der Waals surface area contributed by atoms with Crippen LogP contribution in [-0.2, 0) is 13.0 Å². The Kier molecular flexibility index (Phi) is 7.84. The highest BCUT2D eigenvalue weighted by Gasteiger charge is 2.33. The van der Waals surface area contributed by atoms with Gasteiger partial charge in [-0.1, -0.05) is 78.1 Å². The second-order valence-electron chi connectivity index (χ2n) is 10.8. The molecular weight excluding hydrogens is 701 g/mol.